The maximum absolute atomic E-state index is 12.8. The maximum atomic E-state index is 12.8. The number of carbonyl (C=O) groups is 1. The van der Waals surface area contributed by atoms with Crippen molar-refractivity contribution in [2.75, 3.05) is 11.9 Å². The number of rotatable bonds is 9. The number of aryl methyl sites for hydroxylation is 1. The minimum atomic E-state index is -0.471. The van der Waals surface area contributed by atoms with Gasteiger partial charge in [-0.05, 0) is 43.8 Å². The van der Waals surface area contributed by atoms with Gasteiger partial charge in [0.25, 0.3) is 5.91 Å². The number of amides is 1. The molecular formula is C25H27N5O2. The summed E-state index contributed by atoms with van der Waals surface area (Å²) < 4.78 is 1.87. The molecule has 0 aliphatic rings. The van der Waals surface area contributed by atoms with Crippen LogP contribution in [0.4, 0.5) is 5.82 Å². The van der Waals surface area contributed by atoms with Crippen molar-refractivity contribution in [1.29, 1.82) is 0 Å². The molecule has 164 valence electrons. The van der Waals surface area contributed by atoms with Gasteiger partial charge in [-0.15, -0.1) is 0 Å². The van der Waals surface area contributed by atoms with E-state index in [1.807, 2.05) is 73.2 Å². The minimum Gasteiger partial charge on any atom is -0.394 e. The monoisotopic (exact) mass is 429 g/mol. The molecule has 0 aliphatic carbocycles. The summed E-state index contributed by atoms with van der Waals surface area (Å²) in [5.41, 5.74) is 3.94. The van der Waals surface area contributed by atoms with Crippen molar-refractivity contribution in [2.24, 2.45) is 4.99 Å². The highest BCUT2D eigenvalue weighted by molar-refractivity contribution is 5.94. The number of aliphatic hydroxyl groups excluding tert-OH is 1. The normalized spacial score (nSPS) is 12.5. The van der Waals surface area contributed by atoms with E-state index in [0.29, 0.717) is 11.4 Å². The highest BCUT2D eigenvalue weighted by atomic mass is 16.3. The molecule has 1 atom stereocenters. The largest absolute Gasteiger partial charge is 0.394 e. The Morgan fingerprint density at radius 3 is 2.78 bits per heavy atom. The summed E-state index contributed by atoms with van der Waals surface area (Å²) in [6, 6.07) is 12.6. The number of nitrogens with zero attached hydrogens (tertiary/aromatic N) is 3. The van der Waals surface area contributed by atoms with E-state index >= 15 is 0 Å². The molecular weight excluding hydrogens is 402 g/mol. The second kappa shape index (κ2) is 10.9. The second-order valence-electron chi connectivity index (χ2n) is 7.17. The van der Waals surface area contributed by atoms with Gasteiger partial charge in [-0.2, -0.15) is 0 Å². The van der Waals surface area contributed by atoms with Gasteiger partial charge in [0.15, 0.2) is 0 Å². The summed E-state index contributed by atoms with van der Waals surface area (Å²) >= 11 is 0. The summed E-state index contributed by atoms with van der Waals surface area (Å²) in [6.07, 6.45) is 10.7. The maximum Gasteiger partial charge on any atom is 0.253 e. The van der Waals surface area contributed by atoms with Gasteiger partial charge in [-0.1, -0.05) is 36.4 Å². The summed E-state index contributed by atoms with van der Waals surface area (Å²) in [5, 5.41) is 15.8. The Kier molecular flexibility index (Phi) is 7.72. The smallest absolute Gasteiger partial charge is 0.253 e. The van der Waals surface area contributed by atoms with E-state index in [2.05, 4.69) is 27.3 Å². The molecule has 0 fully saturated rings. The molecule has 7 nitrogen and oxygen atoms in total. The standard InChI is InChI=1S/C25H27N5O2/c1-4-8-21(15-26-3)28-24-13-23(18(2)14-27-24)30-12-11-20(16-30)25(32)29-22(17-31)19-9-6-5-7-10-19/h4-16,22,31H,3,17H2,1-2H3,(H,27,28)(H,29,32)/b8-4-,21-15+. The molecule has 0 spiro atoms. The molecule has 3 rings (SSSR count). The number of aliphatic hydroxyl groups is 1. The molecule has 0 aliphatic heterocycles. The molecule has 1 unspecified atom stereocenters. The van der Waals surface area contributed by atoms with Crippen molar-refractivity contribution >= 4 is 18.4 Å². The van der Waals surface area contributed by atoms with Crippen LogP contribution in [0.1, 0.15) is 34.5 Å². The first-order valence-electron chi connectivity index (χ1n) is 10.2. The van der Waals surface area contributed by atoms with Crippen LogP contribution in [0.2, 0.25) is 0 Å². The van der Waals surface area contributed by atoms with Crippen LogP contribution in [0.3, 0.4) is 0 Å². The zero-order valence-electron chi connectivity index (χ0n) is 18.2. The van der Waals surface area contributed by atoms with Crippen molar-refractivity contribution in [3.8, 4) is 5.69 Å². The number of carbonyl (C=O) groups excluding carboxylic acids is 1. The Hall–Kier alpha value is -3.97. The minimum absolute atomic E-state index is 0.184. The molecule has 7 heteroatoms. The van der Waals surface area contributed by atoms with Crippen molar-refractivity contribution in [2.45, 2.75) is 19.9 Å². The molecule has 3 aromatic rings. The fourth-order valence-electron chi connectivity index (χ4n) is 3.24. The Bertz CT molecular complexity index is 1130. The topological polar surface area (TPSA) is 91.5 Å². The van der Waals surface area contributed by atoms with Crippen LogP contribution in [0.15, 0.2) is 90.1 Å². The van der Waals surface area contributed by atoms with E-state index in [0.717, 1.165) is 22.5 Å². The average molecular weight is 430 g/mol. The quantitative estimate of drug-likeness (QED) is 0.352. The van der Waals surface area contributed by atoms with E-state index in [1.54, 1.807) is 24.7 Å². The number of benzene rings is 1. The van der Waals surface area contributed by atoms with Crippen LogP contribution in [0.25, 0.3) is 5.69 Å². The van der Waals surface area contributed by atoms with Gasteiger partial charge in [0, 0.05) is 30.9 Å². The van der Waals surface area contributed by atoms with Crippen LogP contribution in [-0.4, -0.2) is 33.9 Å². The second-order valence-corrected chi connectivity index (χ2v) is 7.17. The molecule has 3 N–H and O–H groups in total. The van der Waals surface area contributed by atoms with Crippen molar-refractivity contribution < 1.29 is 9.90 Å². The van der Waals surface area contributed by atoms with Gasteiger partial charge >= 0.3 is 0 Å². The Morgan fingerprint density at radius 2 is 2.09 bits per heavy atom. The molecule has 1 aromatic carbocycles. The van der Waals surface area contributed by atoms with Gasteiger partial charge in [0.1, 0.15) is 5.82 Å². The lowest BCUT2D eigenvalue weighted by Gasteiger charge is -2.16. The first kappa shape index (κ1) is 22.7. The molecule has 0 radical (unpaired) electrons. The lowest BCUT2D eigenvalue weighted by atomic mass is 10.1. The van der Waals surface area contributed by atoms with Gasteiger partial charge in [0.05, 0.1) is 29.6 Å². The molecule has 32 heavy (non-hydrogen) atoms. The van der Waals surface area contributed by atoms with Gasteiger partial charge in [0.2, 0.25) is 0 Å². The summed E-state index contributed by atoms with van der Waals surface area (Å²) in [5.74, 6) is 0.384. The van der Waals surface area contributed by atoms with E-state index in [4.69, 9.17) is 0 Å². The van der Waals surface area contributed by atoms with E-state index < -0.39 is 6.04 Å². The number of anilines is 1. The highest BCUT2D eigenvalue weighted by Crippen LogP contribution is 2.20. The SMILES string of the molecule is C=N/C=C(\C=C/C)Nc1cc(-n2ccc(C(=O)NC(CO)c3ccccc3)c2)c(C)cn1. The third-order valence-corrected chi connectivity index (χ3v) is 4.85. The number of allylic oxidation sites excluding steroid dienone is 2. The lowest BCUT2D eigenvalue weighted by molar-refractivity contribution is 0.0916. The van der Waals surface area contributed by atoms with Crippen LogP contribution in [-0.2, 0) is 0 Å². The third-order valence-electron chi connectivity index (χ3n) is 4.85. The van der Waals surface area contributed by atoms with Gasteiger partial charge < -0.3 is 20.3 Å². The van der Waals surface area contributed by atoms with Crippen molar-refractivity contribution in [3.63, 3.8) is 0 Å². The predicted octanol–water partition coefficient (Wildman–Crippen LogP) is 4.17. The van der Waals surface area contributed by atoms with E-state index in [1.165, 1.54) is 0 Å². The van der Waals surface area contributed by atoms with Gasteiger partial charge in [-0.25, -0.2) is 4.98 Å². The molecule has 2 heterocycles. The number of pyridine rings is 1. The number of nitrogens with one attached hydrogen (secondary N) is 2. The predicted molar refractivity (Wildman–Crippen MR) is 128 cm³/mol. The first-order valence-corrected chi connectivity index (χ1v) is 10.2. The zero-order valence-corrected chi connectivity index (χ0v) is 18.2. The molecule has 1 amide bonds. The van der Waals surface area contributed by atoms with Crippen molar-refractivity contribution in [3.05, 3.63) is 102 Å². The summed E-state index contributed by atoms with van der Waals surface area (Å²) in [6.45, 7) is 7.18. The first-order chi connectivity index (χ1) is 15.5. The van der Waals surface area contributed by atoms with Crippen LogP contribution >= 0.6 is 0 Å². The molecule has 0 bridgehead atoms. The van der Waals surface area contributed by atoms with Crippen LogP contribution in [0, 0.1) is 6.92 Å². The zero-order chi connectivity index (χ0) is 22.9. The fraction of sp³-hybridized carbons (Fsp3) is 0.160. The summed E-state index contributed by atoms with van der Waals surface area (Å²) in [4.78, 5) is 21.0. The Morgan fingerprint density at radius 1 is 1.31 bits per heavy atom. The average Bonchev–Trinajstić information content (AvgIpc) is 3.30. The third kappa shape index (κ3) is 5.59. The number of hydrogen-bond acceptors (Lipinski definition) is 5. The fourth-order valence-corrected chi connectivity index (χ4v) is 3.24. The highest BCUT2D eigenvalue weighted by Gasteiger charge is 2.16. The lowest BCUT2D eigenvalue weighted by Crippen LogP contribution is -2.30. The van der Waals surface area contributed by atoms with Crippen LogP contribution in [0.5, 0.6) is 0 Å². The van der Waals surface area contributed by atoms with Gasteiger partial charge in [-0.3, -0.25) is 9.79 Å². The number of aromatic nitrogens is 2. The molecule has 0 saturated heterocycles. The van der Waals surface area contributed by atoms with Crippen LogP contribution < -0.4 is 10.6 Å². The summed E-state index contributed by atoms with van der Waals surface area (Å²) in [7, 11) is 0. The van der Waals surface area contributed by atoms with E-state index in [-0.39, 0.29) is 12.5 Å². The Labute approximate surface area is 187 Å². The van der Waals surface area contributed by atoms with E-state index in [9.17, 15) is 9.90 Å². The Balaban J connectivity index is 1.80. The molecule has 2 aromatic heterocycles. The van der Waals surface area contributed by atoms with Crippen molar-refractivity contribution in [1.82, 2.24) is 14.9 Å². The number of aliphatic imine (C=N–C) groups is 1. The number of hydrogen-bond donors (Lipinski definition) is 3. The molecule has 0 saturated carbocycles.